The Hall–Kier alpha value is -1.40. The molecule has 6 nitrogen and oxygen atoms in total. The van der Waals surface area contributed by atoms with E-state index in [9.17, 15) is 9.90 Å². The molecule has 1 atom stereocenters. The third kappa shape index (κ3) is 4.12. The van der Waals surface area contributed by atoms with Gasteiger partial charge in [-0.3, -0.25) is 4.79 Å². The van der Waals surface area contributed by atoms with Crippen molar-refractivity contribution in [1.82, 2.24) is 10.3 Å². The fourth-order valence-corrected chi connectivity index (χ4v) is 1.50. The molecule has 1 rings (SSSR count). The molecule has 6 heteroatoms. The number of rotatable bonds is 6. The summed E-state index contributed by atoms with van der Waals surface area (Å²) in [7, 11) is 1.56. The minimum atomic E-state index is -1.01. The molecule has 2 N–H and O–H groups in total. The third-order valence-electron chi connectivity index (χ3n) is 2.58. The maximum absolute atomic E-state index is 11.8. The van der Waals surface area contributed by atoms with E-state index in [1.807, 2.05) is 0 Å². The van der Waals surface area contributed by atoms with Crippen LogP contribution in [0.1, 0.15) is 35.5 Å². The molecular weight excluding hydrogens is 236 g/mol. The van der Waals surface area contributed by atoms with E-state index in [4.69, 9.17) is 9.15 Å². The highest BCUT2D eigenvalue weighted by molar-refractivity contribution is 5.92. The molecule has 0 fully saturated rings. The number of nitrogens with one attached hydrogen (secondary N) is 1. The molecule has 1 heterocycles. The molecule has 1 aromatic rings. The molecule has 0 spiro atoms. The Bertz CT molecular complexity index is 412. The van der Waals surface area contributed by atoms with Crippen molar-refractivity contribution >= 4 is 5.91 Å². The number of aryl methyl sites for hydroxylation is 2. The number of aromatic nitrogens is 1. The van der Waals surface area contributed by atoms with E-state index < -0.39 is 5.60 Å². The molecule has 0 aliphatic carbocycles. The first-order valence-corrected chi connectivity index (χ1v) is 5.79. The topological polar surface area (TPSA) is 84.6 Å². The van der Waals surface area contributed by atoms with Gasteiger partial charge in [0.1, 0.15) is 0 Å². The number of methoxy groups -OCH3 is 1. The summed E-state index contributed by atoms with van der Waals surface area (Å²) in [6, 6.07) is 0. The highest BCUT2D eigenvalue weighted by Crippen LogP contribution is 2.11. The normalized spacial score (nSPS) is 14.3. The van der Waals surface area contributed by atoms with Crippen molar-refractivity contribution in [1.29, 1.82) is 0 Å². The summed E-state index contributed by atoms with van der Waals surface area (Å²) in [4.78, 5) is 15.8. The minimum absolute atomic E-state index is 0.133. The van der Waals surface area contributed by atoms with E-state index in [1.165, 1.54) is 0 Å². The van der Waals surface area contributed by atoms with E-state index in [0.717, 1.165) is 0 Å². The lowest BCUT2D eigenvalue weighted by atomic mass is 10.0. The second-order valence-corrected chi connectivity index (χ2v) is 4.57. The van der Waals surface area contributed by atoms with E-state index in [2.05, 4.69) is 10.3 Å². The average molecular weight is 256 g/mol. The maximum Gasteiger partial charge on any atom is 0.289 e. The first-order valence-electron chi connectivity index (χ1n) is 5.79. The fraction of sp³-hybridized carbons (Fsp3) is 0.667. The second kappa shape index (κ2) is 5.97. The van der Waals surface area contributed by atoms with Gasteiger partial charge < -0.3 is 19.6 Å². The summed E-state index contributed by atoms with van der Waals surface area (Å²) < 4.78 is 10.1. The first kappa shape index (κ1) is 14.7. The van der Waals surface area contributed by atoms with Crippen molar-refractivity contribution < 1.29 is 19.1 Å². The van der Waals surface area contributed by atoms with E-state index in [0.29, 0.717) is 24.6 Å². The van der Waals surface area contributed by atoms with Crippen molar-refractivity contribution in [2.45, 2.75) is 32.8 Å². The highest BCUT2D eigenvalue weighted by atomic mass is 16.5. The van der Waals surface area contributed by atoms with Gasteiger partial charge in [-0.25, -0.2) is 4.98 Å². The molecule has 1 amide bonds. The van der Waals surface area contributed by atoms with Gasteiger partial charge in [0.05, 0.1) is 11.3 Å². The Morgan fingerprint density at radius 1 is 1.56 bits per heavy atom. The zero-order valence-corrected chi connectivity index (χ0v) is 11.2. The molecule has 18 heavy (non-hydrogen) atoms. The van der Waals surface area contributed by atoms with Crippen LogP contribution in [0.5, 0.6) is 0 Å². The highest BCUT2D eigenvalue weighted by Gasteiger charge is 2.23. The quantitative estimate of drug-likeness (QED) is 0.786. The summed E-state index contributed by atoms with van der Waals surface area (Å²) in [5.41, 5.74) is -0.462. The Morgan fingerprint density at radius 3 is 2.72 bits per heavy atom. The van der Waals surface area contributed by atoms with Gasteiger partial charge >= 0.3 is 0 Å². The van der Waals surface area contributed by atoms with Gasteiger partial charge in [-0.1, -0.05) is 0 Å². The molecule has 1 aromatic heterocycles. The van der Waals surface area contributed by atoms with Gasteiger partial charge in [-0.15, -0.1) is 0 Å². The lowest BCUT2D eigenvalue weighted by Gasteiger charge is -2.22. The molecule has 0 aromatic carbocycles. The van der Waals surface area contributed by atoms with E-state index in [1.54, 1.807) is 27.9 Å². The van der Waals surface area contributed by atoms with Gasteiger partial charge in [0.15, 0.2) is 5.89 Å². The zero-order chi connectivity index (χ0) is 13.8. The van der Waals surface area contributed by atoms with E-state index >= 15 is 0 Å². The van der Waals surface area contributed by atoms with Crippen molar-refractivity contribution in [3.8, 4) is 0 Å². The van der Waals surface area contributed by atoms with Crippen molar-refractivity contribution in [3.63, 3.8) is 0 Å². The molecule has 0 saturated carbocycles. The van der Waals surface area contributed by atoms with Crippen LogP contribution in [0.3, 0.4) is 0 Å². The van der Waals surface area contributed by atoms with Gasteiger partial charge in [0, 0.05) is 33.6 Å². The number of nitrogens with zero attached hydrogens (tertiary/aromatic N) is 1. The Labute approximate surface area is 106 Å². The van der Waals surface area contributed by atoms with Crippen molar-refractivity contribution in [3.05, 3.63) is 17.3 Å². The number of hydrogen-bond acceptors (Lipinski definition) is 5. The third-order valence-corrected chi connectivity index (χ3v) is 2.58. The molecule has 0 aliphatic rings. The molecular formula is C12H20N2O4. The zero-order valence-electron chi connectivity index (χ0n) is 11.2. The predicted octanol–water partition coefficient (Wildman–Crippen LogP) is 0.809. The van der Waals surface area contributed by atoms with Gasteiger partial charge in [-0.05, 0) is 13.8 Å². The van der Waals surface area contributed by atoms with Crippen LogP contribution in [0.25, 0.3) is 0 Å². The van der Waals surface area contributed by atoms with Crippen LogP contribution in [0.4, 0.5) is 0 Å². The lowest BCUT2D eigenvalue weighted by Crippen LogP contribution is -2.41. The Morgan fingerprint density at radius 2 is 2.22 bits per heavy atom. The monoisotopic (exact) mass is 256 g/mol. The number of carbonyl (C=O) groups is 1. The molecule has 0 radical (unpaired) electrons. The standard InChI is InChI=1S/C12H20N2O4/c1-8-10(18-9(2)14-8)11(15)13-7-12(3,16)5-6-17-4/h16H,5-7H2,1-4H3,(H,13,15). The maximum atomic E-state index is 11.8. The number of hydrogen-bond donors (Lipinski definition) is 2. The summed E-state index contributed by atoms with van der Waals surface area (Å²) in [6.45, 7) is 5.59. The Kier molecular flexibility index (Phi) is 4.86. The SMILES string of the molecule is COCCC(C)(O)CNC(=O)c1oc(C)nc1C. The second-order valence-electron chi connectivity index (χ2n) is 4.57. The molecule has 0 aliphatic heterocycles. The van der Waals surface area contributed by atoms with Crippen molar-refractivity contribution in [2.75, 3.05) is 20.3 Å². The molecule has 102 valence electrons. The van der Waals surface area contributed by atoms with E-state index in [-0.39, 0.29) is 18.2 Å². The number of aliphatic hydroxyl groups is 1. The van der Waals surface area contributed by atoms with Gasteiger partial charge in [0.25, 0.3) is 5.91 Å². The summed E-state index contributed by atoms with van der Waals surface area (Å²) in [5, 5.41) is 12.6. The summed E-state index contributed by atoms with van der Waals surface area (Å²) in [5.74, 6) is 0.268. The van der Waals surface area contributed by atoms with Crippen LogP contribution < -0.4 is 5.32 Å². The van der Waals surface area contributed by atoms with Crippen LogP contribution >= 0.6 is 0 Å². The van der Waals surface area contributed by atoms with Crippen LogP contribution in [-0.2, 0) is 4.74 Å². The summed E-state index contributed by atoms with van der Waals surface area (Å²) in [6.07, 6.45) is 0.443. The van der Waals surface area contributed by atoms with Crippen LogP contribution in [0.2, 0.25) is 0 Å². The number of carbonyl (C=O) groups excluding carboxylic acids is 1. The number of amides is 1. The summed E-state index contributed by atoms with van der Waals surface area (Å²) >= 11 is 0. The smallest absolute Gasteiger partial charge is 0.289 e. The molecule has 0 bridgehead atoms. The van der Waals surface area contributed by atoms with Gasteiger partial charge in [-0.2, -0.15) is 0 Å². The molecule has 1 unspecified atom stereocenters. The van der Waals surface area contributed by atoms with Crippen molar-refractivity contribution in [2.24, 2.45) is 0 Å². The fourth-order valence-electron chi connectivity index (χ4n) is 1.50. The molecule has 0 saturated heterocycles. The van der Waals surface area contributed by atoms with Crippen LogP contribution in [-0.4, -0.2) is 41.9 Å². The minimum Gasteiger partial charge on any atom is -0.436 e. The number of ether oxygens (including phenoxy) is 1. The number of oxazole rings is 1. The van der Waals surface area contributed by atoms with Gasteiger partial charge in [0.2, 0.25) is 5.76 Å². The predicted molar refractivity (Wildman–Crippen MR) is 65.4 cm³/mol. The van der Waals surface area contributed by atoms with Crippen LogP contribution in [0, 0.1) is 13.8 Å². The largest absolute Gasteiger partial charge is 0.436 e. The average Bonchev–Trinajstić information content (AvgIpc) is 2.63. The Balaban J connectivity index is 2.53. The first-order chi connectivity index (χ1) is 8.35. The lowest BCUT2D eigenvalue weighted by molar-refractivity contribution is 0.0240. The van der Waals surface area contributed by atoms with Crippen LogP contribution in [0.15, 0.2) is 4.42 Å².